The average Bonchev–Trinajstić information content (AvgIpc) is 2.43. The van der Waals surface area contributed by atoms with Gasteiger partial charge in [-0.3, -0.25) is 4.79 Å². The van der Waals surface area contributed by atoms with Gasteiger partial charge in [0, 0.05) is 28.1 Å². The lowest BCUT2D eigenvalue weighted by atomic mass is 10.1. The number of halogens is 1. The summed E-state index contributed by atoms with van der Waals surface area (Å²) in [6.45, 7) is 1.90. The fraction of sp³-hybridized carbons (Fsp3) is 0.182. The van der Waals surface area contributed by atoms with Crippen molar-refractivity contribution in [2.45, 2.75) is 6.92 Å². The molecule has 0 radical (unpaired) electrons. The Hall–Kier alpha value is -1.29. The van der Waals surface area contributed by atoms with Gasteiger partial charge in [-0.05, 0) is 19.1 Å². The van der Waals surface area contributed by atoms with Gasteiger partial charge in [0.15, 0.2) is 0 Å². The molecule has 78 valence electrons. The summed E-state index contributed by atoms with van der Waals surface area (Å²) < 4.78 is 2.87. The molecule has 0 aliphatic carbocycles. The lowest BCUT2D eigenvalue weighted by Crippen LogP contribution is -2.12. The van der Waals surface area contributed by atoms with Crippen LogP contribution in [0.3, 0.4) is 0 Å². The van der Waals surface area contributed by atoms with Gasteiger partial charge in [-0.15, -0.1) is 0 Å². The Balaban J connectivity index is 3.02. The Morgan fingerprint density at radius 2 is 2.13 bits per heavy atom. The molecule has 2 rings (SSSR count). The summed E-state index contributed by atoms with van der Waals surface area (Å²) in [6.07, 6.45) is 0. The highest BCUT2D eigenvalue weighted by Crippen LogP contribution is 2.30. The van der Waals surface area contributed by atoms with E-state index in [1.807, 2.05) is 36.7 Å². The molecule has 0 aliphatic heterocycles. The van der Waals surface area contributed by atoms with Gasteiger partial charge < -0.3 is 10.3 Å². The zero-order valence-corrected chi connectivity index (χ0v) is 10.1. The number of nitrogens with zero attached hydrogens (tertiary/aromatic N) is 1. The van der Waals surface area contributed by atoms with Crippen LogP contribution < -0.4 is 5.73 Å². The van der Waals surface area contributed by atoms with Crippen LogP contribution in [0, 0.1) is 6.92 Å². The third kappa shape index (κ3) is 1.36. The van der Waals surface area contributed by atoms with E-state index in [1.165, 1.54) is 0 Å². The first kappa shape index (κ1) is 10.2. The van der Waals surface area contributed by atoms with Gasteiger partial charge in [-0.1, -0.05) is 22.0 Å². The number of aromatic nitrogens is 1. The zero-order valence-electron chi connectivity index (χ0n) is 8.54. The first-order valence-electron chi connectivity index (χ1n) is 4.57. The van der Waals surface area contributed by atoms with E-state index >= 15 is 0 Å². The minimum Gasteiger partial charge on any atom is -0.366 e. The normalized spacial score (nSPS) is 10.9. The number of primary amides is 1. The second kappa shape index (κ2) is 3.38. The predicted molar refractivity (Wildman–Crippen MR) is 63.9 cm³/mol. The molecule has 1 aromatic heterocycles. The second-order valence-corrected chi connectivity index (χ2v) is 4.37. The van der Waals surface area contributed by atoms with Crippen molar-refractivity contribution in [1.82, 2.24) is 4.57 Å². The lowest BCUT2D eigenvalue weighted by molar-refractivity contribution is 0.100. The quantitative estimate of drug-likeness (QED) is 0.847. The van der Waals surface area contributed by atoms with Gasteiger partial charge in [0.05, 0.1) is 5.56 Å². The van der Waals surface area contributed by atoms with Crippen LogP contribution in [0.15, 0.2) is 22.7 Å². The molecule has 0 fully saturated rings. The molecule has 2 N–H and O–H groups in total. The molecular formula is C11H11BrN2O. The number of hydrogen-bond acceptors (Lipinski definition) is 1. The molecule has 1 aromatic carbocycles. The number of fused-ring (bicyclic) bond motifs is 1. The Bertz CT molecular complexity index is 557. The Morgan fingerprint density at radius 1 is 1.47 bits per heavy atom. The van der Waals surface area contributed by atoms with Gasteiger partial charge in [0.1, 0.15) is 0 Å². The number of hydrogen-bond donors (Lipinski definition) is 1. The van der Waals surface area contributed by atoms with Crippen LogP contribution in [-0.2, 0) is 7.05 Å². The molecule has 1 amide bonds. The maximum atomic E-state index is 11.4. The summed E-state index contributed by atoms with van der Waals surface area (Å²) in [7, 11) is 1.93. The summed E-state index contributed by atoms with van der Waals surface area (Å²) >= 11 is 3.44. The van der Waals surface area contributed by atoms with Gasteiger partial charge in [-0.25, -0.2) is 0 Å². The van der Waals surface area contributed by atoms with Crippen LogP contribution in [-0.4, -0.2) is 10.5 Å². The molecule has 3 nitrogen and oxygen atoms in total. The molecule has 0 atom stereocenters. The molecule has 0 saturated heterocycles. The second-order valence-electron chi connectivity index (χ2n) is 3.52. The topological polar surface area (TPSA) is 48.0 Å². The Kier molecular flexibility index (Phi) is 2.31. The van der Waals surface area contributed by atoms with Crippen molar-refractivity contribution in [3.63, 3.8) is 0 Å². The van der Waals surface area contributed by atoms with Crippen molar-refractivity contribution in [3.05, 3.63) is 33.9 Å². The molecule has 0 unspecified atom stereocenters. The number of amides is 1. The van der Waals surface area contributed by atoms with E-state index in [-0.39, 0.29) is 5.91 Å². The van der Waals surface area contributed by atoms with Crippen molar-refractivity contribution < 1.29 is 4.79 Å². The fourth-order valence-electron chi connectivity index (χ4n) is 1.87. The SMILES string of the molecule is Cc1c(C(N)=O)c2c(Br)cccc2n1C. The van der Waals surface area contributed by atoms with Crippen LogP contribution in [0.4, 0.5) is 0 Å². The van der Waals surface area contributed by atoms with E-state index in [9.17, 15) is 4.79 Å². The first-order chi connectivity index (χ1) is 7.04. The first-order valence-corrected chi connectivity index (χ1v) is 5.36. The number of aryl methyl sites for hydroxylation is 1. The van der Waals surface area contributed by atoms with E-state index in [4.69, 9.17) is 5.73 Å². The third-order valence-electron chi connectivity index (χ3n) is 2.71. The number of benzene rings is 1. The van der Waals surface area contributed by atoms with Crippen LogP contribution in [0.25, 0.3) is 10.9 Å². The highest BCUT2D eigenvalue weighted by Gasteiger charge is 2.17. The number of carbonyl (C=O) groups excluding carboxylic acids is 1. The lowest BCUT2D eigenvalue weighted by Gasteiger charge is -1.97. The summed E-state index contributed by atoms with van der Waals surface area (Å²) in [6, 6.07) is 5.82. The van der Waals surface area contributed by atoms with Crippen molar-refractivity contribution in [2.75, 3.05) is 0 Å². The fourth-order valence-corrected chi connectivity index (χ4v) is 2.42. The minimum atomic E-state index is -0.384. The average molecular weight is 267 g/mol. The van der Waals surface area contributed by atoms with E-state index in [1.54, 1.807) is 0 Å². The monoisotopic (exact) mass is 266 g/mol. The largest absolute Gasteiger partial charge is 0.366 e. The minimum absolute atomic E-state index is 0.384. The van der Waals surface area contributed by atoms with Crippen molar-refractivity contribution in [3.8, 4) is 0 Å². The Labute approximate surface area is 96.0 Å². The molecule has 2 aromatic rings. The van der Waals surface area contributed by atoms with Gasteiger partial charge >= 0.3 is 0 Å². The molecule has 1 heterocycles. The van der Waals surface area contributed by atoms with Crippen LogP contribution in [0.1, 0.15) is 16.1 Å². The van der Waals surface area contributed by atoms with Crippen LogP contribution in [0.5, 0.6) is 0 Å². The highest BCUT2D eigenvalue weighted by molar-refractivity contribution is 9.10. The van der Waals surface area contributed by atoms with Crippen molar-refractivity contribution in [1.29, 1.82) is 0 Å². The molecule has 4 heteroatoms. The number of nitrogens with two attached hydrogens (primary N) is 1. The van der Waals surface area contributed by atoms with Crippen molar-refractivity contribution >= 4 is 32.7 Å². The standard InChI is InChI=1S/C11H11BrN2O/c1-6-9(11(13)15)10-7(12)4-3-5-8(10)14(6)2/h3-5H,1-2H3,(H2,13,15). The number of carbonyl (C=O) groups is 1. The molecule has 0 spiro atoms. The summed E-state index contributed by atoms with van der Waals surface area (Å²) in [5.41, 5.74) is 7.89. The summed E-state index contributed by atoms with van der Waals surface area (Å²) in [4.78, 5) is 11.4. The molecular weight excluding hydrogens is 256 g/mol. The van der Waals surface area contributed by atoms with Gasteiger partial charge in [0.2, 0.25) is 0 Å². The van der Waals surface area contributed by atoms with Crippen LogP contribution in [0.2, 0.25) is 0 Å². The maximum Gasteiger partial charge on any atom is 0.251 e. The number of rotatable bonds is 1. The van der Waals surface area contributed by atoms with E-state index < -0.39 is 0 Å². The van der Waals surface area contributed by atoms with Gasteiger partial charge in [-0.2, -0.15) is 0 Å². The van der Waals surface area contributed by atoms with Gasteiger partial charge in [0.25, 0.3) is 5.91 Å². The molecule has 0 bridgehead atoms. The highest BCUT2D eigenvalue weighted by atomic mass is 79.9. The van der Waals surface area contributed by atoms with E-state index in [0.717, 1.165) is 21.1 Å². The molecule has 0 saturated carbocycles. The van der Waals surface area contributed by atoms with E-state index in [2.05, 4.69) is 15.9 Å². The molecule has 15 heavy (non-hydrogen) atoms. The smallest absolute Gasteiger partial charge is 0.251 e. The Morgan fingerprint density at radius 3 is 2.73 bits per heavy atom. The third-order valence-corrected chi connectivity index (χ3v) is 3.38. The zero-order chi connectivity index (χ0) is 11.2. The summed E-state index contributed by atoms with van der Waals surface area (Å²) in [5.74, 6) is -0.384. The predicted octanol–water partition coefficient (Wildman–Crippen LogP) is 2.35. The van der Waals surface area contributed by atoms with Crippen LogP contribution >= 0.6 is 15.9 Å². The molecule has 0 aliphatic rings. The summed E-state index contributed by atoms with van der Waals surface area (Å²) in [5, 5.41) is 0.894. The van der Waals surface area contributed by atoms with Crippen molar-refractivity contribution in [2.24, 2.45) is 12.8 Å². The van der Waals surface area contributed by atoms with E-state index in [0.29, 0.717) is 5.56 Å². The maximum absolute atomic E-state index is 11.4.